The number of nitrogens with zero attached hydrogens (tertiary/aromatic N) is 2. The molecule has 1 aliphatic heterocycles. The second kappa shape index (κ2) is 11.7. The Hall–Kier alpha value is -3.62. The fraction of sp³-hybridized carbons (Fsp3) is 0.385. The van der Waals surface area contributed by atoms with Crippen molar-refractivity contribution in [3.8, 4) is 0 Å². The molecular formula is C26H31F2N5O2. The summed E-state index contributed by atoms with van der Waals surface area (Å²) in [7, 11) is 1.61. The molecule has 3 N–H and O–H groups in total. The lowest BCUT2D eigenvalue weighted by Crippen LogP contribution is -2.47. The minimum Gasteiger partial charge on any atom is -0.392 e. The van der Waals surface area contributed by atoms with Crippen LogP contribution in [-0.4, -0.2) is 42.5 Å². The van der Waals surface area contributed by atoms with Crippen molar-refractivity contribution in [2.75, 3.05) is 13.6 Å². The van der Waals surface area contributed by atoms with Crippen LogP contribution in [0.25, 0.3) is 0 Å². The van der Waals surface area contributed by atoms with E-state index in [-0.39, 0.29) is 36.8 Å². The molecule has 1 aliphatic rings. The molecular weight excluding hydrogens is 452 g/mol. The van der Waals surface area contributed by atoms with Gasteiger partial charge in [-0.05, 0) is 28.7 Å². The monoisotopic (exact) mass is 483 g/mol. The molecule has 0 saturated carbocycles. The minimum absolute atomic E-state index is 0.00525. The molecule has 2 aromatic carbocycles. The molecule has 9 heteroatoms. The van der Waals surface area contributed by atoms with Crippen molar-refractivity contribution in [2.45, 2.75) is 50.9 Å². The van der Waals surface area contributed by atoms with Crippen LogP contribution in [0.15, 0.2) is 65.5 Å². The van der Waals surface area contributed by atoms with Crippen LogP contribution in [0.2, 0.25) is 0 Å². The molecule has 3 rings (SSSR count). The number of hydrogen-bond acceptors (Lipinski definition) is 5. The summed E-state index contributed by atoms with van der Waals surface area (Å²) in [5, 5.41) is 8.92. The fourth-order valence-electron chi connectivity index (χ4n) is 4.29. The van der Waals surface area contributed by atoms with E-state index in [9.17, 15) is 18.4 Å². The van der Waals surface area contributed by atoms with E-state index in [2.05, 4.69) is 15.7 Å². The molecule has 1 fully saturated rings. The molecule has 0 aliphatic carbocycles. The van der Waals surface area contributed by atoms with E-state index in [0.29, 0.717) is 11.1 Å². The van der Waals surface area contributed by atoms with E-state index in [1.54, 1.807) is 19.2 Å². The first kappa shape index (κ1) is 26.0. The van der Waals surface area contributed by atoms with Gasteiger partial charge in [-0.1, -0.05) is 56.3 Å². The highest BCUT2D eigenvalue weighted by Gasteiger charge is 2.40. The van der Waals surface area contributed by atoms with Gasteiger partial charge in [0, 0.05) is 19.7 Å². The van der Waals surface area contributed by atoms with Crippen LogP contribution in [0.3, 0.4) is 0 Å². The van der Waals surface area contributed by atoms with Gasteiger partial charge >= 0.3 is 0 Å². The van der Waals surface area contributed by atoms with Crippen LogP contribution in [0.5, 0.6) is 0 Å². The third-order valence-electron chi connectivity index (χ3n) is 6.06. The molecule has 186 valence electrons. The second-order valence-electron chi connectivity index (χ2n) is 8.90. The molecule has 7 nitrogen and oxygen atoms in total. The average molecular weight is 484 g/mol. The van der Waals surface area contributed by atoms with Crippen molar-refractivity contribution >= 4 is 11.8 Å². The normalized spacial score (nSPS) is 18.9. The number of halogens is 2. The zero-order valence-corrected chi connectivity index (χ0v) is 20.1. The number of amides is 2. The highest BCUT2D eigenvalue weighted by Crippen LogP contribution is 2.29. The lowest BCUT2D eigenvalue weighted by atomic mass is 9.94. The highest BCUT2D eigenvalue weighted by atomic mass is 19.1. The topological polar surface area (TPSA) is 97.7 Å². The molecule has 0 unspecified atom stereocenters. The highest BCUT2D eigenvalue weighted by molar-refractivity contribution is 5.89. The maximum atomic E-state index is 14.8. The SMILES string of the molecule is CN/C=C(/CC(=O)N1C[C@H](F)C[C@H]1C(=O)N[C@@H](c1ccccc1)c1ccc(C(C)C)c(F)c1)N=N. The summed E-state index contributed by atoms with van der Waals surface area (Å²) in [6.45, 7) is 3.59. The molecule has 2 amide bonds. The summed E-state index contributed by atoms with van der Waals surface area (Å²) >= 11 is 0. The summed E-state index contributed by atoms with van der Waals surface area (Å²) in [6, 6.07) is 12.3. The van der Waals surface area contributed by atoms with Gasteiger partial charge in [0.25, 0.3) is 0 Å². The van der Waals surface area contributed by atoms with E-state index in [4.69, 9.17) is 5.53 Å². The van der Waals surface area contributed by atoms with Crippen molar-refractivity contribution in [2.24, 2.45) is 5.11 Å². The number of rotatable bonds is 9. The average Bonchev–Trinajstić information content (AvgIpc) is 3.24. The molecule has 3 atom stereocenters. The second-order valence-corrected chi connectivity index (χ2v) is 8.90. The van der Waals surface area contributed by atoms with Gasteiger partial charge in [0.05, 0.1) is 24.7 Å². The van der Waals surface area contributed by atoms with E-state index in [1.165, 1.54) is 17.2 Å². The number of hydrogen-bond donors (Lipinski definition) is 3. The van der Waals surface area contributed by atoms with Crippen molar-refractivity contribution < 1.29 is 18.4 Å². The molecule has 0 spiro atoms. The molecule has 35 heavy (non-hydrogen) atoms. The first-order chi connectivity index (χ1) is 16.7. The van der Waals surface area contributed by atoms with Crippen LogP contribution in [-0.2, 0) is 9.59 Å². The predicted molar refractivity (Wildman–Crippen MR) is 129 cm³/mol. The summed E-state index contributed by atoms with van der Waals surface area (Å²) in [6.07, 6.45) is -0.311. The van der Waals surface area contributed by atoms with Gasteiger partial charge in [0.2, 0.25) is 11.8 Å². The molecule has 1 heterocycles. The summed E-state index contributed by atoms with van der Waals surface area (Å²) in [5.74, 6) is -1.38. The Bertz CT molecular complexity index is 1090. The van der Waals surface area contributed by atoms with Gasteiger partial charge in [0.15, 0.2) is 0 Å². The van der Waals surface area contributed by atoms with Gasteiger partial charge in [-0.3, -0.25) is 9.59 Å². The molecule has 0 bridgehead atoms. The lowest BCUT2D eigenvalue weighted by molar-refractivity contribution is -0.138. The number of likely N-dealkylation sites (tertiary alicyclic amines) is 1. The van der Waals surface area contributed by atoms with Crippen LogP contribution in [0.1, 0.15) is 55.3 Å². The molecule has 0 radical (unpaired) electrons. The van der Waals surface area contributed by atoms with Gasteiger partial charge in [0.1, 0.15) is 18.0 Å². The van der Waals surface area contributed by atoms with Crippen molar-refractivity contribution in [1.82, 2.24) is 15.5 Å². The number of nitrogens with one attached hydrogen (secondary N) is 3. The first-order valence-electron chi connectivity index (χ1n) is 11.6. The zero-order chi connectivity index (χ0) is 25.5. The summed E-state index contributed by atoms with van der Waals surface area (Å²) < 4.78 is 29.2. The van der Waals surface area contributed by atoms with Crippen molar-refractivity contribution in [3.05, 3.63) is 82.9 Å². The predicted octanol–water partition coefficient (Wildman–Crippen LogP) is 4.58. The molecule has 1 saturated heterocycles. The third kappa shape index (κ3) is 6.29. The van der Waals surface area contributed by atoms with E-state index >= 15 is 0 Å². The van der Waals surface area contributed by atoms with E-state index in [1.807, 2.05) is 44.2 Å². The summed E-state index contributed by atoms with van der Waals surface area (Å²) in [5.41, 5.74) is 9.23. The molecule has 2 aromatic rings. The Morgan fingerprint density at radius 1 is 1.20 bits per heavy atom. The quantitative estimate of drug-likeness (QED) is 0.456. The Balaban J connectivity index is 1.87. The van der Waals surface area contributed by atoms with Gasteiger partial charge in [-0.25, -0.2) is 14.3 Å². The van der Waals surface area contributed by atoms with Gasteiger partial charge < -0.3 is 15.5 Å². The van der Waals surface area contributed by atoms with Gasteiger partial charge in [-0.15, -0.1) is 0 Å². The largest absolute Gasteiger partial charge is 0.392 e. The van der Waals surface area contributed by atoms with Crippen molar-refractivity contribution in [3.63, 3.8) is 0 Å². The fourth-order valence-corrected chi connectivity index (χ4v) is 4.29. The van der Waals surface area contributed by atoms with E-state index in [0.717, 1.165) is 5.56 Å². The minimum atomic E-state index is -1.35. The number of alkyl halides is 1. The number of carbonyl (C=O) groups excluding carboxylic acids is 2. The first-order valence-corrected chi connectivity index (χ1v) is 11.6. The maximum Gasteiger partial charge on any atom is 0.243 e. The van der Waals surface area contributed by atoms with Crippen LogP contribution in [0, 0.1) is 11.3 Å². The standard InChI is InChI=1S/C26H31F2N5O2/c1-16(2)21-10-9-18(11-22(21)28)25(17-7-5-4-6-8-17)31-26(35)23-12-19(27)15-33(23)24(34)13-20(32-29)14-30-3/h4-11,14,16,19,23,25,29-30H,12-13,15H2,1-3H3,(H,31,35)/b20-14-,32-29?/t19-,23+,25+/m1/s1. The van der Waals surface area contributed by atoms with Crippen LogP contribution >= 0.6 is 0 Å². The Kier molecular flexibility index (Phi) is 8.68. The lowest BCUT2D eigenvalue weighted by Gasteiger charge is -2.27. The molecule has 0 aromatic heterocycles. The van der Waals surface area contributed by atoms with Crippen LogP contribution in [0.4, 0.5) is 8.78 Å². The number of benzene rings is 2. The third-order valence-corrected chi connectivity index (χ3v) is 6.06. The smallest absolute Gasteiger partial charge is 0.243 e. The summed E-state index contributed by atoms with van der Waals surface area (Å²) in [4.78, 5) is 27.4. The van der Waals surface area contributed by atoms with Crippen molar-refractivity contribution in [1.29, 1.82) is 5.53 Å². The maximum absolute atomic E-state index is 14.8. The Labute approximate surface area is 204 Å². The Morgan fingerprint density at radius 3 is 2.51 bits per heavy atom. The Morgan fingerprint density at radius 2 is 1.91 bits per heavy atom. The van der Waals surface area contributed by atoms with Gasteiger partial charge in [-0.2, -0.15) is 5.11 Å². The van der Waals surface area contributed by atoms with E-state index < -0.39 is 30.1 Å². The zero-order valence-electron chi connectivity index (χ0n) is 20.1. The van der Waals surface area contributed by atoms with Crippen LogP contribution < -0.4 is 10.6 Å². The number of carbonyl (C=O) groups is 2.